The summed E-state index contributed by atoms with van der Waals surface area (Å²) in [6.45, 7) is 6.76. The largest absolute Gasteiger partial charge is 0.479 e. The molecule has 106 valence electrons. The first-order valence-electron chi connectivity index (χ1n) is 6.98. The van der Waals surface area contributed by atoms with Crippen LogP contribution in [0.4, 0.5) is 0 Å². The summed E-state index contributed by atoms with van der Waals surface area (Å²) in [5, 5.41) is 0. The van der Waals surface area contributed by atoms with Gasteiger partial charge in [-0.25, -0.2) is 0 Å². The van der Waals surface area contributed by atoms with Crippen molar-refractivity contribution < 1.29 is 9.53 Å². The predicted octanol–water partition coefficient (Wildman–Crippen LogP) is 3.31. The lowest BCUT2D eigenvalue weighted by molar-refractivity contribution is -0.133. The van der Waals surface area contributed by atoms with E-state index in [9.17, 15) is 4.79 Å². The Bertz CT molecular complexity index is 557. The quantitative estimate of drug-likeness (QED) is 0.793. The van der Waals surface area contributed by atoms with Gasteiger partial charge >= 0.3 is 0 Å². The van der Waals surface area contributed by atoms with Crippen molar-refractivity contribution in [1.82, 2.24) is 4.90 Å². The van der Waals surface area contributed by atoms with Crippen molar-refractivity contribution in [2.75, 3.05) is 6.54 Å². The van der Waals surface area contributed by atoms with Crippen LogP contribution in [-0.2, 0) is 4.79 Å². The van der Waals surface area contributed by atoms with E-state index in [1.807, 2.05) is 36.1 Å². The van der Waals surface area contributed by atoms with Gasteiger partial charge in [-0.15, -0.1) is 6.58 Å². The summed E-state index contributed by atoms with van der Waals surface area (Å²) in [4.78, 5) is 14.5. The highest BCUT2D eigenvalue weighted by atomic mass is 79.9. The number of rotatable bonds is 3. The molecule has 2 heterocycles. The monoisotopic (exact) mass is 335 g/mol. The summed E-state index contributed by atoms with van der Waals surface area (Å²) in [6, 6.07) is 6.12. The summed E-state index contributed by atoms with van der Waals surface area (Å²) in [5.74, 6) is 0.916. The molecular weight excluding hydrogens is 318 g/mol. The van der Waals surface area contributed by atoms with Gasteiger partial charge in [-0.2, -0.15) is 0 Å². The van der Waals surface area contributed by atoms with E-state index < -0.39 is 6.10 Å². The Kier molecular flexibility index (Phi) is 3.59. The van der Waals surface area contributed by atoms with Crippen molar-refractivity contribution in [3.63, 3.8) is 0 Å². The van der Waals surface area contributed by atoms with Crippen LogP contribution in [0.2, 0.25) is 0 Å². The molecule has 3 atom stereocenters. The van der Waals surface area contributed by atoms with Gasteiger partial charge in [0.2, 0.25) is 0 Å². The molecule has 3 nitrogen and oxygen atoms in total. The summed E-state index contributed by atoms with van der Waals surface area (Å²) in [7, 11) is 0. The fraction of sp³-hybridized carbons (Fsp3) is 0.438. The minimum atomic E-state index is -0.434. The normalized spacial score (nSPS) is 28.6. The third kappa shape index (κ3) is 2.06. The van der Waals surface area contributed by atoms with E-state index in [1.54, 1.807) is 0 Å². The summed E-state index contributed by atoms with van der Waals surface area (Å²) in [6.07, 6.45) is 3.58. The van der Waals surface area contributed by atoms with Crippen LogP contribution >= 0.6 is 15.9 Å². The first kappa shape index (κ1) is 13.7. The number of nitrogens with zero attached hydrogens (tertiary/aromatic N) is 1. The van der Waals surface area contributed by atoms with E-state index >= 15 is 0 Å². The molecule has 0 spiro atoms. The number of amides is 1. The number of halogens is 1. The van der Waals surface area contributed by atoms with Crippen LogP contribution in [-0.4, -0.2) is 29.5 Å². The minimum Gasteiger partial charge on any atom is -0.479 e. The van der Waals surface area contributed by atoms with Gasteiger partial charge in [0.25, 0.3) is 5.91 Å². The molecule has 4 heteroatoms. The Balaban J connectivity index is 1.88. The standard InChI is InChI=1S/C16H18BrNO2/c1-3-11-12-7-5-9-18(12)16(19)15(11)20-13-8-4-6-10(2)14(13)17/h3-4,6,8,11-12,15H,1,5,7,9H2,2H3/t11-,12+,15+/m1/s1. The number of benzene rings is 1. The van der Waals surface area contributed by atoms with Crippen LogP contribution in [0.25, 0.3) is 0 Å². The van der Waals surface area contributed by atoms with Gasteiger partial charge < -0.3 is 9.64 Å². The van der Waals surface area contributed by atoms with Crippen LogP contribution < -0.4 is 4.74 Å². The SMILES string of the molecule is C=C[C@H]1[C@H](Oc2cccc(C)c2Br)C(=O)N2CCC[C@@H]12. The van der Waals surface area contributed by atoms with E-state index in [0.29, 0.717) is 0 Å². The molecule has 0 aromatic heterocycles. The minimum absolute atomic E-state index is 0.0809. The van der Waals surface area contributed by atoms with Crippen LogP contribution in [0.3, 0.4) is 0 Å². The second-order valence-corrected chi connectivity index (χ2v) is 6.27. The van der Waals surface area contributed by atoms with Gasteiger partial charge in [-0.3, -0.25) is 4.79 Å². The van der Waals surface area contributed by atoms with Crippen molar-refractivity contribution in [3.05, 3.63) is 40.9 Å². The Morgan fingerprint density at radius 1 is 1.50 bits per heavy atom. The van der Waals surface area contributed by atoms with E-state index in [-0.39, 0.29) is 17.9 Å². The summed E-state index contributed by atoms with van der Waals surface area (Å²) < 4.78 is 6.95. The number of hydrogen-bond donors (Lipinski definition) is 0. The number of ether oxygens (including phenoxy) is 1. The Labute approximate surface area is 127 Å². The van der Waals surface area contributed by atoms with Crippen molar-refractivity contribution in [2.24, 2.45) is 5.92 Å². The van der Waals surface area contributed by atoms with E-state index in [4.69, 9.17) is 4.74 Å². The van der Waals surface area contributed by atoms with Gasteiger partial charge in [0.15, 0.2) is 6.10 Å². The van der Waals surface area contributed by atoms with Crippen LogP contribution in [0.15, 0.2) is 35.3 Å². The number of carbonyl (C=O) groups is 1. The van der Waals surface area contributed by atoms with Gasteiger partial charge in [0, 0.05) is 18.5 Å². The Hall–Kier alpha value is -1.29. The lowest BCUT2D eigenvalue weighted by Crippen LogP contribution is -2.33. The number of carbonyl (C=O) groups excluding carboxylic acids is 1. The Morgan fingerprint density at radius 3 is 3.05 bits per heavy atom. The van der Waals surface area contributed by atoms with Crippen molar-refractivity contribution >= 4 is 21.8 Å². The zero-order valence-corrected chi connectivity index (χ0v) is 13.1. The second-order valence-electron chi connectivity index (χ2n) is 5.48. The maximum atomic E-state index is 12.5. The summed E-state index contributed by atoms with van der Waals surface area (Å²) >= 11 is 3.53. The molecule has 2 aliphatic heterocycles. The molecule has 1 aromatic rings. The van der Waals surface area contributed by atoms with Crippen LogP contribution in [0.5, 0.6) is 5.75 Å². The summed E-state index contributed by atoms with van der Waals surface area (Å²) in [5.41, 5.74) is 1.10. The van der Waals surface area contributed by atoms with Gasteiger partial charge in [-0.05, 0) is 47.3 Å². The van der Waals surface area contributed by atoms with E-state index in [0.717, 1.165) is 35.2 Å². The van der Waals surface area contributed by atoms with Gasteiger partial charge in [0.05, 0.1) is 4.47 Å². The zero-order valence-electron chi connectivity index (χ0n) is 11.5. The third-order valence-corrected chi connectivity index (χ3v) is 5.32. The maximum Gasteiger partial charge on any atom is 0.264 e. The number of hydrogen-bond acceptors (Lipinski definition) is 2. The highest BCUT2D eigenvalue weighted by molar-refractivity contribution is 9.10. The molecule has 1 aromatic carbocycles. The average Bonchev–Trinajstić information content (AvgIpc) is 2.99. The Morgan fingerprint density at radius 2 is 2.30 bits per heavy atom. The smallest absolute Gasteiger partial charge is 0.264 e. The molecule has 0 saturated carbocycles. The highest BCUT2D eigenvalue weighted by Crippen LogP contribution is 2.38. The fourth-order valence-electron chi connectivity index (χ4n) is 3.25. The number of fused-ring (bicyclic) bond motifs is 1. The van der Waals surface area contributed by atoms with Crippen LogP contribution in [0, 0.1) is 12.8 Å². The molecule has 0 radical (unpaired) electrons. The molecular formula is C16H18BrNO2. The molecule has 0 aliphatic carbocycles. The average molecular weight is 336 g/mol. The molecule has 0 bridgehead atoms. The molecule has 0 N–H and O–H groups in total. The molecule has 2 aliphatic rings. The lowest BCUT2D eigenvalue weighted by atomic mass is 9.96. The van der Waals surface area contributed by atoms with E-state index in [2.05, 4.69) is 22.5 Å². The third-order valence-electron chi connectivity index (χ3n) is 4.30. The molecule has 0 unspecified atom stereocenters. The first-order chi connectivity index (χ1) is 9.63. The molecule has 20 heavy (non-hydrogen) atoms. The van der Waals surface area contributed by atoms with E-state index in [1.165, 1.54) is 0 Å². The zero-order chi connectivity index (χ0) is 14.3. The second kappa shape index (κ2) is 5.24. The maximum absolute atomic E-state index is 12.5. The highest BCUT2D eigenvalue weighted by Gasteiger charge is 2.50. The van der Waals surface area contributed by atoms with Crippen molar-refractivity contribution in [3.8, 4) is 5.75 Å². The van der Waals surface area contributed by atoms with Crippen molar-refractivity contribution in [1.29, 1.82) is 0 Å². The number of aryl methyl sites for hydroxylation is 1. The molecule has 3 rings (SSSR count). The molecule has 2 fully saturated rings. The topological polar surface area (TPSA) is 29.5 Å². The lowest BCUT2D eigenvalue weighted by Gasteiger charge is -2.20. The van der Waals surface area contributed by atoms with Crippen LogP contribution in [0.1, 0.15) is 18.4 Å². The van der Waals surface area contributed by atoms with Crippen molar-refractivity contribution in [2.45, 2.75) is 31.9 Å². The molecule has 1 amide bonds. The van der Waals surface area contributed by atoms with Gasteiger partial charge in [0.1, 0.15) is 5.75 Å². The fourth-order valence-corrected chi connectivity index (χ4v) is 3.61. The molecule has 2 saturated heterocycles. The first-order valence-corrected chi connectivity index (χ1v) is 7.77. The van der Waals surface area contributed by atoms with Gasteiger partial charge in [-0.1, -0.05) is 18.2 Å². The predicted molar refractivity (Wildman–Crippen MR) is 81.7 cm³/mol.